The van der Waals surface area contributed by atoms with Gasteiger partial charge in [-0.15, -0.1) is 0 Å². The van der Waals surface area contributed by atoms with Crippen molar-refractivity contribution in [2.24, 2.45) is 0 Å². The first-order valence-corrected chi connectivity index (χ1v) is 10.0. The SMILES string of the molecule is Cc1ccc2nc(NC(=O)NC3CC(=O)N(c4ccc(C)c(C)c4)C3)sc2c1. The van der Waals surface area contributed by atoms with Gasteiger partial charge >= 0.3 is 6.03 Å². The average molecular weight is 395 g/mol. The Morgan fingerprint density at radius 2 is 1.96 bits per heavy atom. The summed E-state index contributed by atoms with van der Waals surface area (Å²) in [6, 6.07) is 11.4. The maximum Gasteiger partial charge on any atom is 0.321 e. The molecule has 1 aromatic heterocycles. The Morgan fingerprint density at radius 3 is 2.75 bits per heavy atom. The number of benzene rings is 2. The molecule has 3 aromatic rings. The van der Waals surface area contributed by atoms with Gasteiger partial charge in [-0.05, 0) is 61.7 Å². The number of carbonyl (C=O) groups is 2. The number of carbonyl (C=O) groups excluding carboxylic acids is 2. The number of thiazole rings is 1. The molecular formula is C21H22N4O2S. The summed E-state index contributed by atoms with van der Waals surface area (Å²) in [5.41, 5.74) is 5.23. The molecule has 28 heavy (non-hydrogen) atoms. The first-order chi connectivity index (χ1) is 13.4. The van der Waals surface area contributed by atoms with Gasteiger partial charge in [0.2, 0.25) is 5.91 Å². The lowest BCUT2D eigenvalue weighted by Crippen LogP contribution is -2.39. The number of urea groups is 1. The van der Waals surface area contributed by atoms with Gasteiger partial charge in [0.1, 0.15) is 0 Å². The minimum atomic E-state index is -0.337. The monoisotopic (exact) mass is 394 g/mol. The van der Waals surface area contributed by atoms with Crippen molar-refractivity contribution < 1.29 is 9.59 Å². The Hall–Kier alpha value is -2.93. The summed E-state index contributed by atoms with van der Waals surface area (Å²) >= 11 is 1.44. The smallest absolute Gasteiger partial charge is 0.321 e. The van der Waals surface area contributed by atoms with Crippen LogP contribution in [0.1, 0.15) is 23.1 Å². The molecule has 0 bridgehead atoms. The minimum Gasteiger partial charge on any atom is -0.333 e. The van der Waals surface area contributed by atoms with E-state index in [2.05, 4.69) is 15.6 Å². The summed E-state index contributed by atoms with van der Waals surface area (Å²) in [4.78, 5) is 31.0. The molecule has 2 aromatic carbocycles. The normalized spacial score (nSPS) is 16.6. The highest BCUT2D eigenvalue weighted by Crippen LogP contribution is 2.27. The van der Waals surface area contributed by atoms with Crippen LogP contribution in [0.25, 0.3) is 10.2 Å². The van der Waals surface area contributed by atoms with Crippen molar-refractivity contribution in [1.29, 1.82) is 0 Å². The maximum atomic E-state index is 12.4. The highest BCUT2D eigenvalue weighted by Gasteiger charge is 2.31. The summed E-state index contributed by atoms with van der Waals surface area (Å²) in [6.07, 6.45) is 0.291. The number of amides is 3. The van der Waals surface area contributed by atoms with Crippen LogP contribution in [0.15, 0.2) is 36.4 Å². The number of rotatable bonds is 3. The molecule has 1 unspecified atom stereocenters. The van der Waals surface area contributed by atoms with E-state index in [9.17, 15) is 9.59 Å². The molecule has 3 amide bonds. The third-order valence-electron chi connectivity index (χ3n) is 5.03. The first-order valence-electron chi connectivity index (χ1n) is 9.21. The molecule has 1 aliphatic rings. The Morgan fingerprint density at radius 1 is 1.14 bits per heavy atom. The maximum absolute atomic E-state index is 12.4. The second kappa shape index (κ2) is 7.24. The zero-order valence-electron chi connectivity index (χ0n) is 16.1. The fourth-order valence-electron chi connectivity index (χ4n) is 3.35. The van der Waals surface area contributed by atoms with E-state index < -0.39 is 0 Å². The number of nitrogens with one attached hydrogen (secondary N) is 2. The fourth-order valence-corrected chi connectivity index (χ4v) is 4.31. The molecule has 0 radical (unpaired) electrons. The van der Waals surface area contributed by atoms with Crippen LogP contribution in [0.3, 0.4) is 0 Å². The van der Waals surface area contributed by atoms with Crippen molar-refractivity contribution in [3.05, 3.63) is 53.1 Å². The fraction of sp³-hybridized carbons (Fsp3) is 0.286. The molecule has 2 heterocycles. The number of fused-ring (bicyclic) bond motifs is 1. The second-order valence-corrected chi connectivity index (χ2v) is 8.29. The Labute approximate surface area is 167 Å². The number of hydrogen-bond donors (Lipinski definition) is 2. The predicted molar refractivity (Wildman–Crippen MR) is 113 cm³/mol. The molecule has 1 aliphatic heterocycles. The zero-order chi connectivity index (χ0) is 19.8. The van der Waals surface area contributed by atoms with E-state index in [0.29, 0.717) is 18.1 Å². The largest absolute Gasteiger partial charge is 0.333 e. The van der Waals surface area contributed by atoms with E-state index in [-0.39, 0.29) is 18.0 Å². The molecule has 0 saturated carbocycles. The van der Waals surface area contributed by atoms with Crippen LogP contribution in [0.5, 0.6) is 0 Å². The third-order valence-corrected chi connectivity index (χ3v) is 5.96. The van der Waals surface area contributed by atoms with Gasteiger partial charge in [0.15, 0.2) is 5.13 Å². The molecule has 4 rings (SSSR count). The lowest BCUT2D eigenvalue weighted by Gasteiger charge is -2.18. The minimum absolute atomic E-state index is 0.0176. The molecule has 2 N–H and O–H groups in total. The van der Waals surface area contributed by atoms with E-state index in [4.69, 9.17) is 0 Å². The van der Waals surface area contributed by atoms with Crippen LogP contribution >= 0.6 is 11.3 Å². The van der Waals surface area contributed by atoms with Crippen LogP contribution in [0.2, 0.25) is 0 Å². The van der Waals surface area contributed by atoms with Crippen molar-refractivity contribution in [3.63, 3.8) is 0 Å². The van der Waals surface area contributed by atoms with E-state index in [1.807, 2.05) is 57.2 Å². The molecule has 1 fully saturated rings. The predicted octanol–water partition coefficient (Wildman–Crippen LogP) is 4.15. The van der Waals surface area contributed by atoms with Gasteiger partial charge in [0, 0.05) is 18.7 Å². The van der Waals surface area contributed by atoms with Gasteiger partial charge in [-0.2, -0.15) is 0 Å². The van der Waals surface area contributed by atoms with Crippen LogP contribution in [0.4, 0.5) is 15.6 Å². The van der Waals surface area contributed by atoms with Gasteiger partial charge in [-0.25, -0.2) is 9.78 Å². The molecule has 1 atom stereocenters. The van der Waals surface area contributed by atoms with Crippen LogP contribution in [-0.4, -0.2) is 29.5 Å². The molecule has 144 valence electrons. The number of anilines is 2. The van der Waals surface area contributed by atoms with E-state index >= 15 is 0 Å². The van der Waals surface area contributed by atoms with Crippen LogP contribution in [-0.2, 0) is 4.79 Å². The third kappa shape index (κ3) is 3.71. The van der Waals surface area contributed by atoms with Gasteiger partial charge in [-0.1, -0.05) is 23.5 Å². The molecule has 1 saturated heterocycles. The van der Waals surface area contributed by atoms with Crippen molar-refractivity contribution in [1.82, 2.24) is 10.3 Å². The second-order valence-electron chi connectivity index (χ2n) is 7.26. The van der Waals surface area contributed by atoms with Gasteiger partial charge in [0.05, 0.1) is 16.3 Å². The van der Waals surface area contributed by atoms with Gasteiger partial charge in [-0.3, -0.25) is 10.1 Å². The van der Waals surface area contributed by atoms with Crippen LogP contribution < -0.4 is 15.5 Å². The summed E-state index contributed by atoms with van der Waals surface area (Å²) < 4.78 is 1.03. The molecule has 7 heteroatoms. The number of aryl methyl sites for hydroxylation is 3. The van der Waals surface area contributed by atoms with Crippen molar-refractivity contribution in [3.8, 4) is 0 Å². The van der Waals surface area contributed by atoms with Crippen LogP contribution in [0, 0.1) is 20.8 Å². The van der Waals surface area contributed by atoms with Crippen molar-refractivity contribution in [2.75, 3.05) is 16.8 Å². The van der Waals surface area contributed by atoms with E-state index in [1.165, 1.54) is 16.9 Å². The highest BCUT2D eigenvalue weighted by atomic mass is 32.1. The first kappa shape index (κ1) is 18.4. The van der Waals surface area contributed by atoms with Crippen molar-refractivity contribution in [2.45, 2.75) is 33.2 Å². The van der Waals surface area contributed by atoms with Crippen molar-refractivity contribution >= 4 is 44.3 Å². The lowest BCUT2D eigenvalue weighted by molar-refractivity contribution is -0.117. The molecule has 0 aliphatic carbocycles. The van der Waals surface area contributed by atoms with E-state index in [1.54, 1.807) is 4.90 Å². The zero-order valence-corrected chi connectivity index (χ0v) is 16.9. The summed E-state index contributed by atoms with van der Waals surface area (Å²) in [5.74, 6) is 0.0176. The highest BCUT2D eigenvalue weighted by molar-refractivity contribution is 7.22. The summed E-state index contributed by atoms with van der Waals surface area (Å²) in [7, 11) is 0. The molecule has 6 nitrogen and oxygen atoms in total. The number of aromatic nitrogens is 1. The quantitative estimate of drug-likeness (QED) is 0.701. The Kier molecular flexibility index (Phi) is 4.77. The molecular weight excluding hydrogens is 372 g/mol. The summed E-state index contributed by atoms with van der Waals surface area (Å²) in [5, 5.41) is 6.23. The number of hydrogen-bond acceptors (Lipinski definition) is 4. The average Bonchev–Trinajstić information content (AvgIpc) is 3.19. The topological polar surface area (TPSA) is 74.3 Å². The molecule has 0 spiro atoms. The van der Waals surface area contributed by atoms with E-state index in [0.717, 1.165) is 27.0 Å². The van der Waals surface area contributed by atoms with Gasteiger partial charge in [0.25, 0.3) is 0 Å². The number of nitrogens with zero attached hydrogens (tertiary/aromatic N) is 2. The standard InChI is InChI=1S/C21H22N4O2S/c1-12-4-7-17-18(8-12)28-21(23-17)24-20(27)22-15-10-19(26)25(11-15)16-6-5-13(2)14(3)9-16/h4-9,15H,10-11H2,1-3H3,(H2,22,23,24,27). The Balaban J connectivity index is 1.40. The lowest BCUT2D eigenvalue weighted by atomic mass is 10.1. The summed E-state index contributed by atoms with van der Waals surface area (Å²) in [6.45, 7) is 6.57. The Bertz CT molecular complexity index is 1080. The van der Waals surface area contributed by atoms with Gasteiger partial charge < -0.3 is 10.2 Å².